The Morgan fingerprint density at radius 1 is 1.12 bits per heavy atom. The number of anilines is 1. The third-order valence-electron chi connectivity index (χ3n) is 3.59. The molecule has 0 fully saturated rings. The van der Waals surface area contributed by atoms with Crippen LogP contribution in [0.5, 0.6) is 0 Å². The van der Waals surface area contributed by atoms with Crippen LogP contribution in [0.3, 0.4) is 0 Å². The van der Waals surface area contributed by atoms with Gasteiger partial charge in [0, 0.05) is 30.9 Å². The van der Waals surface area contributed by atoms with Crippen LogP contribution < -0.4 is 4.90 Å². The average Bonchev–Trinajstić information content (AvgIpc) is 2.95. The summed E-state index contributed by atoms with van der Waals surface area (Å²) in [5, 5.41) is 12.5. The van der Waals surface area contributed by atoms with Crippen molar-refractivity contribution in [2.45, 2.75) is 0 Å². The highest BCUT2D eigenvalue weighted by Crippen LogP contribution is 2.24. The Kier molecular flexibility index (Phi) is 5.22. The molecule has 0 aliphatic heterocycles. The summed E-state index contributed by atoms with van der Waals surface area (Å²) >= 11 is 17.6. The minimum atomic E-state index is 0.381. The molecule has 1 N–H and O–H groups in total. The van der Waals surface area contributed by atoms with E-state index in [4.69, 9.17) is 35.4 Å². The Labute approximate surface area is 160 Å². The van der Waals surface area contributed by atoms with Crippen LogP contribution in [0.15, 0.2) is 47.6 Å². The van der Waals surface area contributed by atoms with E-state index in [-0.39, 0.29) is 0 Å². The van der Waals surface area contributed by atoms with Gasteiger partial charge in [-0.1, -0.05) is 29.3 Å². The van der Waals surface area contributed by atoms with Crippen molar-refractivity contribution in [2.24, 2.45) is 5.10 Å². The largest absolute Gasteiger partial charge is 0.378 e. The smallest absolute Gasteiger partial charge is 0.216 e. The highest BCUT2D eigenvalue weighted by molar-refractivity contribution is 7.71. The molecule has 25 heavy (non-hydrogen) atoms. The minimum Gasteiger partial charge on any atom is -0.378 e. The number of H-pyrrole nitrogens is 1. The van der Waals surface area contributed by atoms with Crippen LogP contribution in [-0.4, -0.2) is 35.2 Å². The zero-order valence-corrected chi connectivity index (χ0v) is 15.9. The van der Waals surface area contributed by atoms with E-state index in [1.807, 2.05) is 43.3 Å². The first-order chi connectivity index (χ1) is 12.0. The molecule has 0 amide bonds. The average molecular weight is 392 g/mol. The van der Waals surface area contributed by atoms with Gasteiger partial charge in [-0.15, -0.1) is 0 Å². The van der Waals surface area contributed by atoms with Gasteiger partial charge in [-0.05, 0) is 48.6 Å². The molecule has 2 aromatic carbocycles. The Morgan fingerprint density at radius 3 is 2.36 bits per heavy atom. The molecule has 5 nitrogen and oxygen atoms in total. The highest BCUT2D eigenvalue weighted by atomic mass is 35.5. The van der Waals surface area contributed by atoms with Gasteiger partial charge in [0.05, 0.1) is 16.3 Å². The molecule has 1 heterocycles. The molecule has 0 radical (unpaired) electrons. The van der Waals surface area contributed by atoms with Crippen LogP contribution in [0.4, 0.5) is 5.69 Å². The van der Waals surface area contributed by atoms with E-state index in [1.165, 1.54) is 0 Å². The number of rotatable bonds is 4. The normalized spacial score (nSPS) is 11.2. The van der Waals surface area contributed by atoms with Crippen LogP contribution in [0.25, 0.3) is 11.4 Å². The fourth-order valence-corrected chi connectivity index (χ4v) is 2.92. The molecule has 1 aromatic heterocycles. The number of aromatic nitrogens is 3. The molecule has 0 aliphatic rings. The Hall–Kier alpha value is -2.15. The van der Waals surface area contributed by atoms with Gasteiger partial charge in [0.1, 0.15) is 0 Å². The van der Waals surface area contributed by atoms with Crippen LogP contribution in [0, 0.1) is 4.77 Å². The van der Waals surface area contributed by atoms with Gasteiger partial charge in [0.15, 0.2) is 5.82 Å². The topological polar surface area (TPSA) is 49.2 Å². The van der Waals surface area contributed by atoms with Crippen molar-refractivity contribution < 1.29 is 0 Å². The first kappa shape index (κ1) is 17.7. The molecule has 0 bridgehead atoms. The standard InChI is InChI=1S/C17H15Cl2N5S/c1-23(2)12-8-6-11(7-9-12)16-21-22-17(25)24(16)20-10-13-14(18)4-3-5-15(13)19/h3-10H,1-2H3,(H,22,25). The molecular formula is C17H15Cl2N5S. The van der Waals surface area contributed by atoms with E-state index in [2.05, 4.69) is 15.3 Å². The summed E-state index contributed by atoms with van der Waals surface area (Å²) in [7, 11) is 3.98. The van der Waals surface area contributed by atoms with Gasteiger partial charge < -0.3 is 4.90 Å². The van der Waals surface area contributed by atoms with Crippen molar-refractivity contribution in [3.8, 4) is 11.4 Å². The molecule has 0 spiro atoms. The van der Waals surface area contributed by atoms with Gasteiger partial charge in [0.2, 0.25) is 4.77 Å². The summed E-state index contributed by atoms with van der Waals surface area (Å²) in [4.78, 5) is 2.03. The van der Waals surface area contributed by atoms with Crippen LogP contribution >= 0.6 is 35.4 Å². The predicted octanol–water partition coefficient (Wildman–Crippen LogP) is 4.86. The molecule has 8 heteroatoms. The molecule has 0 unspecified atom stereocenters. The summed E-state index contributed by atoms with van der Waals surface area (Å²) in [6, 6.07) is 13.2. The Morgan fingerprint density at radius 2 is 1.76 bits per heavy atom. The van der Waals surface area contributed by atoms with E-state index in [0.29, 0.717) is 26.2 Å². The number of hydrogen-bond donors (Lipinski definition) is 1. The number of nitrogens with one attached hydrogen (secondary N) is 1. The van der Waals surface area contributed by atoms with Crippen LogP contribution in [-0.2, 0) is 0 Å². The lowest BCUT2D eigenvalue weighted by molar-refractivity contribution is 0.871. The molecule has 3 aromatic rings. The molecule has 128 valence electrons. The summed E-state index contributed by atoms with van der Waals surface area (Å²) in [5.41, 5.74) is 2.61. The monoisotopic (exact) mass is 391 g/mol. The van der Waals surface area contributed by atoms with Gasteiger partial charge in [0.25, 0.3) is 0 Å². The third kappa shape index (κ3) is 3.76. The van der Waals surface area contributed by atoms with Crippen LogP contribution in [0.1, 0.15) is 5.56 Å². The summed E-state index contributed by atoms with van der Waals surface area (Å²) in [6.07, 6.45) is 1.58. The van der Waals surface area contributed by atoms with Crippen LogP contribution in [0.2, 0.25) is 10.0 Å². The lowest BCUT2D eigenvalue weighted by Gasteiger charge is -2.12. The lowest BCUT2D eigenvalue weighted by Crippen LogP contribution is -2.08. The first-order valence-electron chi connectivity index (χ1n) is 7.41. The summed E-state index contributed by atoms with van der Waals surface area (Å²) in [5.74, 6) is 0.606. The van der Waals surface area contributed by atoms with E-state index in [0.717, 1.165) is 11.3 Å². The SMILES string of the molecule is CN(C)c1ccc(-c2n[nH]c(=S)n2N=Cc2c(Cl)cccc2Cl)cc1. The predicted molar refractivity (Wildman–Crippen MR) is 107 cm³/mol. The molecular weight excluding hydrogens is 377 g/mol. The number of aromatic amines is 1. The van der Waals surface area contributed by atoms with Crippen molar-refractivity contribution in [1.29, 1.82) is 0 Å². The fraction of sp³-hybridized carbons (Fsp3) is 0.118. The number of hydrogen-bond acceptors (Lipinski definition) is 4. The fourth-order valence-electron chi connectivity index (χ4n) is 2.24. The Balaban J connectivity index is 2.00. The Bertz CT molecular complexity index is 953. The molecule has 0 aliphatic carbocycles. The molecule has 3 rings (SSSR count). The van der Waals surface area contributed by atoms with Gasteiger partial charge in [-0.3, -0.25) is 0 Å². The number of halogens is 2. The van der Waals surface area contributed by atoms with E-state index in [1.54, 1.807) is 29.1 Å². The zero-order valence-electron chi connectivity index (χ0n) is 13.6. The molecule has 0 saturated carbocycles. The number of benzene rings is 2. The molecule has 0 saturated heterocycles. The highest BCUT2D eigenvalue weighted by Gasteiger charge is 2.09. The first-order valence-corrected chi connectivity index (χ1v) is 8.57. The van der Waals surface area contributed by atoms with Gasteiger partial charge in [-0.25, -0.2) is 5.10 Å². The van der Waals surface area contributed by atoms with Crippen molar-refractivity contribution in [1.82, 2.24) is 14.9 Å². The van der Waals surface area contributed by atoms with E-state index >= 15 is 0 Å². The second-order valence-corrected chi connectivity index (χ2v) is 6.69. The summed E-state index contributed by atoms with van der Waals surface area (Å²) in [6.45, 7) is 0. The maximum absolute atomic E-state index is 6.17. The maximum atomic E-state index is 6.17. The van der Waals surface area contributed by atoms with Gasteiger partial charge >= 0.3 is 0 Å². The van der Waals surface area contributed by atoms with Crippen molar-refractivity contribution >= 4 is 47.3 Å². The van der Waals surface area contributed by atoms with E-state index in [9.17, 15) is 0 Å². The van der Waals surface area contributed by atoms with E-state index < -0.39 is 0 Å². The third-order valence-corrected chi connectivity index (χ3v) is 4.52. The zero-order chi connectivity index (χ0) is 18.0. The second kappa shape index (κ2) is 7.39. The van der Waals surface area contributed by atoms with Gasteiger partial charge in [-0.2, -0.15) is 14.9 Å². The molecule has 0 atom stereocenters. The maximum Gasteiger partial charge on any atom is 0.216 e. The van der Waals surface area contributed by atoms with Crippen molar-refractivity contribution in [2.75, 3.05) is 19.0 Å². The lowest BCUT2D eigenvalue weighted by atomic mass is 10.2. The second-order valence-electron chi connectivity index (χ2n) is 5.49. The quantitative estimate of drug-likeness (QED) is 0.510. The van der Waals surface area contributed by atoms with Crippen molar-refractivity contribution in [3.05, 3.63) is 62.8 Å². The summed E-state index contributed by atoms with van der Waals surface area (Å²) < 4.78 is 1.92. The van der Waals surface area contributed by atoms with Crippen molar-refractivity contribution in [3.63, 3.8) is 0 Å². The minimum absolute atomic E-state index is 0.381. The number of nitrogens with zero attached hydrogens (tertiary/aromatic N) is 4.